The first-order valence-electron chi connectivity index (χ1n) is 11.0. The third kappa shape index (κ3) is 8.46. The van der Waals surface area contributed by atoms with Crippen molar-refractivity contribution in [2.75, 3.05) is 26.1 Å². The third-order valence-electron chi connectivity index (χ3n) is 5.24. The van der Waals surface area contributed by atoms with Crippen molar-refractivity contribution in [2.24, 2.45) is 5.92 Å². The molecular formula is C24H27F6N3O4. The van der Waals surface area contributed by atoms with Crippen molar-refractivity contribution in [2.45, 2.75) is 38.7 Å². The second-order valence-corrected chi connectivity index (χ2v) is 8.35. The summed E-state index contributed by atoms with van der Waals surface area (Å²) in [6.45, 7) is 3.42. The predicted molar refractivity (Wildman–Crippen MR) is 123 cm³/mol. The van der Waals surface area contributed by atoms with Crippen LogP contribution < -0.4 is 25.4 Å². The first-order chi connectivity index (χ1) is 17.1. The monoisotopic (exact) mass is 535 g/mol. The summed E-state index contributed by atoms with van der Waals surface area (Å²) in [5, 5.41) is 6.91. The Labute approximate surface area is 209 Å². The Bertz CT molecular complexity index is 1070. The highest BCUT2D eigenvalue weighted by Gasteiger charge is 2.37. The summed E-state index contributed by atoms with van der Waals surface area (Å²) in [6, 6.07) is 3.68. The molecule has 37 heavy (non-hydrogen) atoms. The maximum atomic E-state index is 13.1. The molecular weight excluding hydrogens is 508 g/mol. The van der Waals surface area contributed by atoms with Crippen molar-refractivity contribution in [3.8, 4) is 11.5 Å². The molecule has 0 radical (unpaired) electrons. The van der Waals surface area contributed by atoms with E-state index in [1.807, 2.05) is 5.32 Å². The van der Waals surface area contributed by atoms with Gasteiger partial charge < -0.3 is 25.4 Å². The SMILES string of the molecule is COc1ccc(CCNC(=O)C(NC(=O)Nc2cc(C(F)(F)F)cc(C(F)(F)F)c2)C(C)C)cc1OC. The summed E-state index contributed by atoms with van der Waals surface area (Å²) < 4.78 is 88.7. The van der Waals surface area contributed by atoms with Gasteiger partial charge in [-0.3, -0.25) is 4.79 Å². The minimum Gasteiger partial charge on any atom is -0.493 e. The molecule has 0 heterocycles. The van der Waals surface area contributed by atoms with Gasteiger partial charge in [-0.1, -0.05) is 19.9 Å². The van der Waals surface area contributed by atoms with Gasteiger partial charge in [-0.25, -0.2) is 4.79 Å². The third-order valence-corrected chi connectivity index (χ3v) is 5.24. The average molecular weight is 535 g/mol. The van der Waals surface area contributed by atoms with E-state index in [1.165, 1.54) is 14.2 Å². The predicted octanol–water partition coefficient (Wildman–Crippen LogP) is 5.25. The Hall–Kier alpha value is -3.64. The van der Waals surface area contributed by atoms with E-state index in [-0.39, 0.29) is 12.6 Å². The van der Waals surface area contributed by atoms with Crippen LogP contribution in [0.5, 0.6) is 11.5 Å². The van der Waals surface area contributed by atoms with Gasteiger partial charge in [0.15, 0.2) is 11.5 Å². The van der Waals surface area contributed by atoms with Crippen molar-refractivity contribution in [3.05, 3.63) is 53.1 Å². The number of alkyl halides is 6. The molecule has 1 atom stereocenters. The van der Waals surface area contributed by atoms with E-state index >= 15 is 0 Å². The van der Waals surface area contributed by atoms with E-state index in [0.29, 0.717) is 30.1 Å². The van der Waals surface area contributed by atoms with Crippen LogP contribution in [0.2, 0.25) is 0 Å². The zero-order valence-corrected chi connectivity index (χ0v) is 20.4. The Kier molecular flexibility index (Phi) is 9.65. The van der Waals surface area contributed by atoms with Crippen LogP contribution in [0.25, 0.3) is 0 Å². The molecule has 13 heteroatoms. The van der Waals surface area contributed by atoms with Crippen LogP contribution in [-0.2, 0) is 23.6 Å². The summed E-state index contributed by atoms with van der Waals surface area (Å²) in [7, 11) is 2.98. The van der Waals surface area contributed by atoms with Gasteiger partial charge in [-0.15, -0.1) is 0 Å². The molecule has 0 aromatic heterocycles. The number of anilines is 1. The number of amides is 3. The molecule has 0 saturated heterocycles. The van der Waals surface area contributed by atoms with Gasteiger partial charge in [0.2, 0.25) is 5.91 Å². The molecule has 0 aliphatic carbocycles. The molecule has 0 saturated carbocycles. The van der Waals surface area contributed by atoms with Gasteiger partial charge in [0, 0.05) is 12.2 Å². The van der Waals surface area contributed by atoms with Crippen LogP contribution in [0.15, 0.2) is 36.4 Å². The molecule has 3 amide bonds. The Morgan fingerprint density at radius 1 is 0.865 bits per heavy atom. The molecule has 2 aromatic carbocycles. The van der Waals surface area contributed by atoms with Crippen LogP contribution in [0, 0.1) is 5.92 Å². The van der Waals surface area contributed by atoms with Crippen LogP contribution in [-0.4, -0.2) is 38.7 Å². The summed E-state index contributed by atoms with van der Waals surface area (Å²) in [5.74, 6) is 0.0196. The second kappa shape index (κ2) is 12.1. The fourth-order valence-electron chi connectivity index (χ4n) is 3.35. The van der Waals surface area contributed by atoms with Crippen LogP contribution in [0.3, 0.4) is 0 Å². The lowest BCUT2D eigenvalue weighted by atomic mass is 10.0. The highest BCUT2D eigenvalue weighted by Crippen LogP contribution is 2.37. The van der Waals surface area contributed by atoms with Crippen molar-refractivity contribution in [1.29, 1.82) is 0 Å². The van der Waals surface area contributed by atoms with E-state index in [2.05, 4.69) is 10.6 Å². The largest absolute Gasteiger partial charge is 0.493 e. The highest BCUT2D eigenvalue weighted by molar-refractivity contribution is 5.94. The normalized spacial score (nSPS) is 12.6. The van der Waals surface area contributed by atoms with Crippen molar-refractivity contribution in [3.63, 3.8) is 0 Å². The number of methoxy groups -OCH3 is 2. The number of carbonyl (C=O) groups is 2. The van der Waals surface area contributed by atoms with Crippen molar-refractivity contribution < 1.29 is 45.4 Å². The smallest absolute Gasteiger partial charge is 0.416 e. The Balaban J connectivity index is 2.06. The number of hydrogen-bond donors (Lipinski definition) is 3. The minimum atomic E-state index is -5.07. The standard InChI is InChI=1S/C24H27F6N3O4/c1-13(2)20(21(34)31-8-7-14-5-6-18(36-3)19(9-14)37-4)33-22(35)32-17-11-15(23(25,26)27)10-16(12-17)24(28,29)30/h5-6,9-13,20H,7-8H2,1-4H3,(H,31,34)(H2,32,33,35). The number of rotatable bonds is 9. The maximum Gasteiger partial charge on any atom is 0.416 e. The highest BCUT2D eigenvalue weighted by atomic mass is 19.4. The molecule has 2 aromatic rings. The number of urea groups is 1. The Morgan fingerprint density at radius 3 is 1.92 bits per heavy atom. The van der Waals surface area contributed by atoms with E-state index < -0.39 is 53.1 Å². The second-order valence-electron chi connectivity index (χ2n) is 8.35. The van der Waals surface area contributed by atoms with E-state index in [0.717, 1.165) is 5.56 Å². The zero-order valence-electron chi connectivity index (χ0n) is 20.4. The van der Waals surface area contributed by atoms with Crippen molar-refractivity contribution in [1.82, 2.24) is 10.6 Å². The lowest BCUT2D eigenvalue weighted by molar-refractivity contribution is -0.143. The van der Waals surface area contributed by atoms with E-state index in [1.54, 1.807) is 32.0 Å². The number of nitrogens with one attached hydrogen (secondary N) is 3. The van der Waals surface area contributed by atoms with Gasteiger partial charge in [0.1, 0.15) is 6.04 Å². The van der Waals surface area contributed by atoms with Gasteiger partial charge in [0.25, 0.3) is 0 Å². The lowest BCUT2D eigenvalue weighted by Gasteiger charge is -2.22. The summed E-state index contributed by atoms with van der Waals surface area (Å²) in [6.07, 6.45) is -9.72. The van der Waals surface area contributed by atoms with Gasteiger partial charge in [-0.05, 0) is 48.2 Å². The van der Waals surface area contributed by atoms with E-state index in [4.69, 9.17) is 9.47 Å². The molecule has 0 spiro atoms. The number of carbonyl (C=O) groups excluding carboxylic acids is 2. The van der Waals surface area contributed by atoms with Gasteiger partial charge in [0.05, 0.1) is 25.3 Å². The molecule has 1 unspecified atom stereocenters. The molecule has 204 valence electrons. The van der Waals surface area contributed by atoms with Crippen LogP contribution >= 0.6 is 0 Å². The van der Waals surface area contributed by atoms with Gasteiger partial charge in [-0.2, -0.15) is 26.3 Å². The molecule has 0 aliphatic heterocycles. The molecule has 0 aliphatic rings. The first-order valence-corrected chi connectivity index (χ1v) is 11.0. The van der Waals surface area contributed by atoms with Crippen LogP contribution in [0.1, 0.15) is 30.5 Å². The summed E-state index contributed by atoms with van der Waals surface area (Å²) in [5.41, 5.74) is -3.05. The van der Waals surface area contributed by atoms with Crippen molar-refractivity contribution >= 4 is 17.6 Å². The average Bonchev–Trinajstić information content (AvgIpc) is 2.80. The summed E-state index contributed by atoms with van der Waals surface area (Å²) >= 11 is 0. The van der Waals surface area contributed by atoms with Crippen LogP contribution in [0.4, 0.5) is 36.8 Å². The number of hydrogen-bond acceptors (Lipinski definition) is 4. The molecule has 0 fully saturated rings. The fourth-order valence-corrected chi connectivity index (χ4v) is 3.35. The first kappa shape index (κ1) is 29.6. The van der Waals surface area contributed by atoms with E-state index in [9.17, 15) is 35.9 Å². The number of halogens is 6. The molecule has 0 bridgehead atoms. The molecule has 2 rings (SSSR count). The molecule has 7 nitrogen and oxygen atoms in total. The topological polar surface area (TPSA) is 88.7 Å². The molecule has 3 N–H and O–H groups in total. The fraction of sp³-hybridized carbons (Fsp3) is 0.417. The lowest BCUT2D eigenvalue weighted by Crippen LogP contribution is -2.51. The summed E-state index contributed by atoms with van der Waals surface area (Å²) in [4.78, 5) is 25.1. The van der Waals surface area contributed by atoms with Gasteiger partial charge >= 0.3 is 18.4 Å². The maximum absolute atomic E-state index is 13.1. The quantitative estimate of drug-likeness (QED) is 0.383. The number of ether oxygens (including phenoxy) is 2. The zero-order chi connectivity index (χ0) is 28.0. The Morgan fingerprint density at radius 2 is 1.43 bits per heavy atom. The number of benzene rings is 2. The minimum absolute atomic E-state index is 0.0497.